The van der Waals surface area contributed by atoms with E-state index in [1.54, 1.807) is 18.2 Å². The molecular weight excluding hydrogens is 446 g/mol. The van der Waals surface area contributed by atoms with Gasteiger partial charge in [0.2, 0.25) is 15.9 Å². The van der Waals surface area contributed by atoms with Crippen LogP contribution >= 0.6 is 22.9 Å². The number of nitrogens with one attached hydrogen (secondary N) is 1. The van der Waals surface area contributed by atoms with Gasteiger partial charge in [-0.3, -0.25) is 4.79 Å². The normalized spacial score (nSPS) is 17.4. The van der Waals surface area contributed by atoms with Crippen LogP contribution < -0.4 is 10.1 Å². The number of methoxy groups -OCH3 is 1. The number of thiazole rings is 1. The summed E-state index contributed by atoms with van der Waals surface area (Å²) in [5.41, 5.74) is 1.69. The maximum absolute atomic E-state index is 13.1. The van der Waals surface area contributed by atoms with Crippen molar-refractivity contribution in [3.05, 3.63) is 47.0 Å². The van der Waals surface area contributed by atoms with Gasteiger partial charge in [0.15, 0.2) is 5.13 Å². The number of carbonyl (C=O) groups excluding carboxylic acids is 1. The number of aryl methyl sites for hydroxylation is 1. The Morgan fingerprint density at radius 1 is 1.30 bits per heavy atom. The molecule has 1 saturated heterocycles. The van der Waals surface area contributed by atoms with Gasteiger partial charge in [-0.1, -0.05) is 22.9 Å². The fourth-order valence-electron chi connectivity index (χ4n) is 3.57. The highest BCUT2D eigenvalue weighted by Crippen LogP contribution is 2.32. The Kier molecular flexibility index (Phi) is 5.71. The third-order valence-electron chi connectivity index (χ3n) is 5.05. The van der Waals surface area contributed by atoms with E-state index in [2.05, 4.69) is 10.3 Å². The fourth-order valence-corrected chi connectivity index (χ4v) is 6.55. The number of anilines is 1. The van der Waals surface area contributed by atoms with E-state index in [1.165, 1.54) is 34.9 Å². The van der Waals surface area contributed by atoms with E-state index in [4.69, 9.17) is 16.3 Å². The van der Waals surface area contributed by atoms with Gasteiger partial charge in [0.25, 0.3) is 0 Å². The van der Waals surface area contributed by atoms with E-state index in [0.717, 1.165) is 15.8 Å². The molecular formula is C20H20ClN3O4S2. The minimum Gasteiger partial charge on any atom is -0.497 e. The summed E-state index contributed by atoms with van der Waals surface area (Å²) in [7, 11) is -2.29. The molecule has 1 amide bonds. The number of halogens is 1. The van der Waals surface area contributed by atoms with Crippen molar-refractivity contribution in [3.8, 4) is 5.75 Å². The van der Waals surface area contributed by atoms with E-state index in [9.17, 15) is 13.2 Å². The average Bonchev–Trinajstić information content (AvgIpc) is 3.35. The van der Waals surface area contributed by atoms with Crippen LogP contribution in [-0.4, -0.2) is 43.3 Å². The van der Waals surface area contributed by atoms with Crippen molar-refractivity contribution in [2.45, 2.75) is 30.7 Å². The zero-order valence-electron chi connectivity index (χ0n) is 16.4. The number of ether oxygens (including phenoxy) is 1. The van der Waals surface area contributed by atoms with Crippen molar-refractivity contribution in [1.29, 1.82) is 0 Å². The van der Waals surface area contributed by atoms with Crippen molar-refractivity contribution in [1.82, 2.24) is 9.29 Å². The molecule has 1 aromatic heterocycles. The van der Waals surface area contributed by atoms with Gasteiger partial charge in [-0.15, -0.1) is 0 Å². The van der Waals surface area contributed by atoms with Crippen molar-refractivity contribution in [2.75, 3.05) is 19.0 Å². The van der Waals surface area contributed by atoms with Gasteiger partial charge < -0.3 is 10.1 Å². The Morgan fingerprint density at radius 3 is 2.73 bits per heavy atom. The minimum atomic E-state index is -3.80. The van der Waals surface area contributed by atoms with Crippen LogP contribution in [0.1, 0.15) is 18.4 Å². The molecule has 1 aliphatic rings. The summed E-state index contributed by atoms with van der Waals surface area (Å²) in [5.74, 6) is 0.184. The van der Waals surface area contributed by atoms with E-state index in [-0.39, 0.29) is 10.8 Å². The molecule has 3 aromatic rings. The van der Waals surface area contributed by atoms with Crippen LogP contribution in [0, 0.1) is 6.92 Å². The minimum absolute atomic E-state index is 0.133. The second kappa shape index (κ2) is 8.14. The third-order valence-corrected chi connectivity index (χ3v) is 8.11. The number of nitrogens with zero attached hydrogens (tertiary/aromatic N) is 2. The van der Waals surface area contributed by atoms with Crippen LogP contribution in [0.5, 0.6) is 5.75 Å². The number of fused-ring (bicyclic) bond motifs is 1. The monoisotopic (exact) mass is 465 g/mol. The Balaban J connectivity index is 1.57. The largest absolute Gasteiger partial charge is 0.497 e. The first-order chi connectivity index (χ1) is 14.3. The van der Waals surface area contributed by atoms with Gasteiger partial charge in [-0.2, -0.15) is 4.31 Å². The lowest BCUT2D eigenvalue weighted by molar-refractivity contribution is -0.119. The predicted octanol–water partition coefficient (Wildman–Crippen LogP) is 4.06. The van der Waals surface area contributed by atoms with Crippen LogP contribution in [0.25, 0.3) is 10.2 Å². The quantitative estimate of drug-likeness (QED) is 0.613. The molecule has 1 unspecified atom stereocenters. The van der Waals surface area contributed by atoms with E-state index in [1.807, 2.05) is 13.0 Å². The SMILES string of the molecule is COc1ccc(S(=O)(=O)N2CCCC2C(=O)Nc2nc3c(C)cc(Cl)cc3s2)cc1. The van der Waals surface area contributed by atoms with Gasteiger partial charge >= 0.3 is 0 Å². The van der Waals surface area contributed by atoms with Gasteiger partial charge in [-0.05, 0) is 61.7 Å². The number of hydrogen-bond acceptors (Lipinski definition) is 6. The van der Waals surface area contributed by atoms with Crippen LogP contribution in [0.15, 0.2) is 41.3 Å². The molecule has 0 spiro atoms. The molecule has 0 radical (unpaired) electrons. The molecule has 7 nitrogen and oxygen atoms in total. The lowest BCUT2D eigenvalue weighted by Crippen LogP contribution is -2.43. The topological polar surface area (TPSA) is 88.6 Å². The molecule has 1 atom stereocenters. The number of carbonyl (C=O) groups is 1. The summed E-state index contributed by atoms with van der Waals surface area (Å²) >= 11 is 7.41. The molecule has 158 valence electrons. The molecule has 4 rings (SSSR count). The third kappa shape index (κ3) is 3.90. The smallest absolute Gasteiger partial charge is 0.244 e. The number of sulfonamides is 1. The summed E-state index contributed by atoms with van der Waals surface area (Å²) < 4.78 is 33.4. The van der Waals surface area contributed by atoms with Crippen molar-refractivity contribution in [2.24, 2.45) is 0 Å². The van der Waals surface area contributed by atoms with Gasteiger partial charge in [0.05, 0.1) is 22.2 Å². The van der Waals surface area contributed by atoms with Crippen LogP contribution in [0.3, 0.4) is 0 Å². The molecule has 1 N–H and O–H groups in total. The zero-order chi connectivity index (χ0) is 21.5. The lowest BCUT2D eigenvalue weighted by Gasteiger charge is -2.23. The van der Waals surface area contributed by atoms with Crippen LogP contribution in [0.4, 0.5) is 5.13 Å². The van der Waals surface area contributed by atoms with Gasteiger partial charge in [-0.25, -0.2) is 13.4 Å². The summed E-state index contributed by atoms with van der Waals surface area (Å²) in [5, 5.41) is 3.82. The Bertz CT molecular complexity index is 1210. The molecule has 0 saturated carbocycles. The highest BCUT2D eigenvalue weighted by atomic mass is 35.5. The standard InChI is InChI=1S/C20H20ClN3O4S2/c1-12-10-13(21)11-17-18(12)22-20(29-17)23-19(25)16-4-3-9-24(16)30(26,27)15-7-5-14(28-2)6-8-15/h5-8,10-11,16H,3-4,9H2,1-2H3,(H,22,23,25). The lowest BCUT2D eigenvalue weighted by atomic mass is 10.2. The maximum Gasteiger partial charge on any atom is 0.244 e. The number of rotatable bonds is 5. The molecule has 0 bridgehead atoms. The Morgan fingerprint density at radius 2 is 2.03 bits per heavy atom. The first kappa shape index (κ1) is 21.0. The Hall–Kier alpha value is -2.20. The predicted molar refractivity (Wildman–Crippen MR) is 118 cm³/mol. The number of benzene rings is 2. The second-order valence-electron chi connectivity index (χ2n) is 7.03. The summed E-state index contributed by atoms with van der Waals surface area (Å²) in [6, 6.07) is 8.99. The molecule has 2 aromatic carbocycles. The first-order valence-corrected chi connectivity index (χ1v) is 12.0. The second-order valence-corrected chi connectivity index (χ2v) is 10.4. The van der Waals surface area contributed by atoms with Gasteiger partial charge in [0.1, 0.15) is 11.8 Å². The number of amides is 1. The van der Waals surface area contributed by atoms with Crippen molar-refractivity contribution < 1.29 is 17.9 Å². The van der Waals surface area contributed by atoms with E-state index >= 15 is 0 Å². The fraction of sp³-hybridized carbons (Fsp3) is 0.300. The maximum atomic E-state index is 13.1. The molecule has 10 heteroatoms. The summed E-state index contributed by atoms with van der Waals surface area (Å²) in [6.07, 6.45) is 1.07. The molecule has 1 fully saturated rings. The highest BCUT2D eigenvalue weighted by Gasteiger charge is 2.39. The average molecular weight is 466 g/mol. The number of aromatic nitrogens is 1. The number of hydrogen-bond donors (Lipinski definition) is 1. The van der Waals surface area contributed by atoms with E-state index in [0.29, 0.717) is 35.3 Å². The first-order valence-electron chi connectivity index (χ1n) is 9.33. The molecule has 1 aliphatic heterocycles. The molecule has 2 heterocycles. The van der Waals surface area contributed by atoms with Crippen LogP contribution in [-0.2, 0) is 14.8 Å². The van der Waals surface area contributed by atoms with Crippen molar-refractivity contribution in [3.63, 3.8) is 0 Å². The zero-order valence-corrected chi connectivity index (χ0v) is 18.8. The van der Waals surface area contributed by atoms with Crippen molar-refractivity contribution >= 4 is 54.2 Å². The summed E-state index contributed by atoms with van der Waals surface area (Å²) in [6.45, 7) is 2.20. The highest BCUT2D eigenvalue weighted by molar-refractivity contribution is 7.89. The summed E-state index contributed by atoms with van der Waals surface area (Å²) in [4.78, 5) is 17.5. The van der Waals surface area contributed by atoms with Gasteiger partial charge in [0, 0.05) is 11.6 Å². The Labute approximate surface area is 183 Å². The van der Waals surface area contributed by atoms with Crippen LogP contribution in [0.2, 0.25) is 5.02 Å². The molecule has 0 aliphatic carbocycles. The van der Waals surface area contributed by atoms with E-state index < -0.39 is 16.1 Å². The molecule has 30 heavy (non-hydrogen) atoms.